The largest absolute Gasteiger partial charge is 0.493 e. The average Bonchev–Trinajstić information content (AvgIpc) is 2.38. The Morgan fingerprint density at radius 3 is 2.76 bits per heavy atom. The highest BCUT2D eigenvalue weighted by atomic mass is 127. The van der Waals surface area contributed by atoms with Crippen LogP contribution in [0.15, 0.2) is 12.3 Å². The van der Waals surface area contributed by atoms with E-state index in [-0.39, 0.29) is 0 Å². The van der Waals surface area contributed by atoms with Gasteiger partial charge in [0.25, 0.3) is 0 Å². The summed E-state index contributed by atoms with van der Waals surface area (Å²) in [6.07, 6.45) is 4.18. The fourth-order valence-electron chi connectivity index (χ4n) is 1.53. The van der Waals surface area contributed by atoms with E-state index in [1.165, 1.54) is 17.3 Å². The summed E-state index contributed by atoms with van der Waals surface area (Å²) in [6.45, 7) is 1.71. The third-order valence-corrected chi connectivity index (χ3v) is 3.16. The highest BCUT2D eigenvalue weighted by Crippen LogP contribution is 2.28. The molecule has 0 fully saturated rings. The number of halogens is 1. The maximum absolute atomic E-state index is 5.32. The number of hydrogen-bond acceptors (Lipinski definition) is 4. The summed E-state index contributed by atoms with van der Waals surface area (Å²) in [7, 11) is 3.27. The van der Waals surface area contributed by atoms with Crippen LogP contribution in [-0.4, -0.2) is 30.2 Å². The molecule has 1 heterocycles. The van der Waals surface area contributed by atoms with E-state index in [0.29, 0.717) is 6.54 Å². The van der Waals surface area contributed by atoms with Gasteiger partial charge in [-0.05, 0) is 23.8 Å². The van der Waals surface area contributed by atoms with Crippen molar-refractivity contribution in [3.8, 4) is 11.5 Å². The molecule has 1 N–H and O–H groups in total. The molecule has 1 aromatic rings. The van der Waals surface area contributed by atoms with Crippen molar-refractivity contribution in [1.82, 2.24) is 10.3 Å². The van der Waals surface area contributed by atoms with Crippen molar-refractivity contribution in [3.05, 3.63) is 18.0 Å². The van der Waals surface area contributed by atoms with E-state index >= 15 is 0 Å². The van der Waals surface area contributed by atoms with Crippen LogP contribution >= 0.6 is 22.6 Å². The molecule has 0 radical (unpaired) electrons. The van der Waals surface area contributed by atoms with Crippen LogP contribution in [0.25, 0.3) is 0 Å². The Balaban J connectivity index is 2.52. The van der Waals surface area contributed by atoms with Crippen LogP contribution in [0.5, 0.6) is 11.5 Å². The summed E-state index contributed by atoms with van der Waals surface area (Å²) < 4.78 is 11.8. The van der Waals surface area contributed by atoms with E-state index in [4.69, 9.17) is 9.47 Å². The molecule has 0 atom stereocenters. The van der Waals surface area contributed by atoms with Gasteiger partial charge in [0.2, 0.25) is 0 Å². The minimum atomic E-state index is 0.710. The molecular weight excluding hydrogens is 331 g/mol. The summed E-state index contributed by atoms with van der Waals surface area (Å²) >= 11 is 2.39. The second kappa shape index (κ2) is 8.52. The molecule has 0 unspecified atom stereocenters. The second-order valence-electron chi connectivity index (χ2n) is 3.57. The summed E-state index contributed by atoms with van der Waals surface area (Å²) in [5, 5.41) is 3.36. The van der Waals surface area contributed by atoms with Gasteiger partial charge in [-0.15, -0.1) is 0 Å². The third-order valence-electron chi connectivity index (χ3n) is 2.40. The number of nitrogens with zero attached hydrogens (tertiary/aromatic N) is 1. The van der Waals surface area contributed by atoms with Crippen LogP contribution in [0.3, 0.4) is 0 Å². The molecule has 1 rings (SSSR count). The Hall–Kier alpha value is -0.560. The predicted octanol–water partition coefficient (Wildman–Crippen LogP) is 2.40. The van der Waals surface area contributed by atoms with Gasteiger partial charge in [0.15, 0.2) is 11.5 Å². The Labute approximate surface area is 116 Å². The van der Waals surface area contributed by atoms with Crippen LogP contribution in [0, 0.1) is 0 Å². The van der Waals surface area contributed by atoms with Crippen molar-refractivity contribution in [2.24, 2.45) is 0 Å². The van der Waals surface area contributed by atoms with Gasteiger partial charge in [0.1, 0.15) is 0 Å². The number of rotatable bonds is 8. The summed E-state index contributed by atoms with van der Waals surface area (Å²) in [4.78, 5) is 4.31. The van der Waals surface area contributed by atoms with Crippen molar-refractivity contribution < 1.29 is 9.47 Å². The Bertz CT molecular complexity index is 334. The molecular formula is C12H19IN2O2. The van der Waals surface area contributed by atoms with Crippen LogP contribution in [0.4, 0.5) is 0 Å². The summed E-state index contributed by atoms with van der Waals surface area (Å²) in [5.41, 5.74) is 0.890. The minimum Gasteiger partial charge on any atom is -0.493 e. The number of hydrogen-bond donors (Lipinski definition) is 1. The molecule has 0 aliphatic rings. The first-order valence-corrected chi connectivity index (χ1v) is 7.18. The molecule has 96 valence electrons. The SMILES string of the molecule is COc1ccnc(CNCCCCI)c1OC. The van der Waals surface area contributed by atoms with E-state index < -0.39 is 0 Å². The first-order chi connectivity index (χ1) is 8.33. The van der Waals surface area contributed by atoms with E-state index in [1.54, 1.807) is 26.5 Å². The lowest BCUT2D eigenvalue weighted by Gasteiger charge is -2.11. The van der Waals surface area contributed by atoms with Gasteiger partial charge in [-0.3, -0.25) is 4.98 Å². The zero-order chi connectivity index (χ0) is 12.5. The van der Waals surface area contributed by atoms with Crippen molar-refractivity contribution >= 4 is 22.6 Å². The number of unbranched alkanes of at least 4 members (excludes halogenated alkanes) is 1. The van der Waals surface area contributed by atoms with E-state index in [1.807, 2.05) is 0 Å². The minimum absolute atomic E-state index is 0.710. The summed E-state index contributed by atoms with van der Waals surface area (Å²) in [6, 6.07) is 1.80. The Morgan fingerprint density at radius 2 is 2.12 bits per heavy atom. The van der Waals surface area contributed by atoms with Gasteiger partial charge in [-0.2, -0.15) is 0 Å². The van der Waals surface area contributed by atoms with E-state index in [9.17, 15) is 0 Å². The van der Waals surface area contributed by atoms with Gasteiger partial charge in [0.05, 0.1) is 19.9 Å². The number of methoxy groups -OCH3 is 2. The topological polar surface area (TPSA) is 43.4 Å². The van der Waals surface area contributed by atoms with E-state index in [2.05, 4.69) is 32.9 Å². The molecule has 4 nitrogen and oxygen atoms in total. The average molecular weight is 350 g/mol. The van der Waals surface area contributed by atoms with Crippen LogP contribution in [0.1, 0.15) is 18.5 Å². The molecule has 17 heavy (non-hydrogen) atoms. The van der Waals surface area contributed by atoms with Gasteiger partial charge in [-0.25, -0.2) is 0 Å². The summed E-state index contributed by atoms with van der Waals surface area (Å²) in [5.74, 6) is 1.45. The smallest absolute Gasteiger partial charge is 0.183 e. The first kappa shape index (κ1) is 14.5. The fourth-order valence-corrected chi connectivity index (χ4v) is 2.07. The molecule has 1 aromatic heterocycles. The van der Waals surface area contributed by atoms with Gasteiger partial charge < -0.3 is 14.8 Å². The zero-order valence-corrected chi connectivity index (χ0v) is 12.5. The molecule has 5 heteroatoms. The molecule has 0 aliphatic heterocycles. The second-order valence-corrected chi connectivity index (χ2v) is 4.64. The zero-order valence-electron chi connectivity index (χ0n) is 10.3. The maximum atomic E-state index is 5.32. The number of nitrogens with one attached hydrogen (secondary N) is 1. The lowest BCUT2D eigenvalue weighted by atomic mass is 10.3. The van der Waals surface area contributed by atoms with Crippen LogP contribution < -0.4 is 14.8 Å². The van der Waals surface area contributed by atoms with Crippen molar-refractivity contribution in [2.75, 3.05) is 25.2 Å². The Morgan fingerprint density at radius 1 is 1.29 bits per heavy atom. The molecule has 0 bridgehead atoms. The van der Waals surface area contributed by atoms with Crippen molar-refractivity contribution in [1.29, 1.82) is 0 Å². The molecule has 0 aromatic carbocycles. The van der Waals surface area contributed by atoms with Gasteiger partial charge >= 0.3 is 0 Å². The van der Waals surface area contributed by atoms with Crippen molar-refractivity contribution in [2.45, 2.75) is 19.4 Å². The quantitative estimate of drug-likeness (QED) is 0.444. The third kappa shape index (κ3) is 4.67. The number of alkyl halides is 1. The molecule has 0 aliphatic carbocycles. The van der Waals surface area contributed by atoms with Crippen LogP contribution in [-0.2, 0) is 6.54 Å². The normalized spacial score (nSPS) is 10.3. The van der Waals surface area contributed by atoms with Gasteiger partial charge in [-0.1, -0.05) is 22.6 Å². The Kier molecular flexibility index (Phi) is 7.27. The molecule has 0 spiro atoms. The molecule has 0 amide bonds. The molecule has 0 saturated carbocycles. The highest BCUT2D eigenvalue weighted by Gasteiger charge is 2.09. The monoisotopic (exact) mass is 350 g/mol. The van der Waals surface area contributed by atoms with Gasteiger partial charge in [0, 0.05) is 18.8 Å². The number of pyridine rings is 1. The maximum Gasteiger partial charge on any atom is 0.183 e. The molecule has 0 saturated heterocycles. The van der Waals surface area contributed by atoms with E-state index in [0.717, 1.165) is 23.7 Å². The number of aromatic nitrogens is 1. The van der Waals surface area contributed by atoms with Crippen LogP contribution in [0.2, 0.25) is 0 Å². The number of ether oxygens (including phenoxy) is 2. The first-order valence-electron chi connectivity index (χ1n) is 5.66. The highest BCUT2D eigenvalue weighted by molar-refractivity contribution is 14.1. The predicted molar refractivity (Wildman–Crippen MR) is 77.2 cm³/mol. The van der Waals surface area contributed by atoms with Crippen molar-refractivity contribution in [3.63, 3.8) is 0 Å². The standard InChI is InChI=1S/C12H19IN2O2/c1-16-11-5-8-15-10(12(11)17-2)9-14-7-4-3-6-13/h5,8,14H,3-4,6-7,9H2,1-2H3. The fraction of sp³-hybridized carbons (Fsp3) is 0.583. The lowest BCUT2D eigenvalue weighted by molar-refractivity contribution is 0.348. The lowest BCUT2D eigenvalue weighted by Crippen LogP contribution is -2.16.